The van der Waals surface area contributed by atoms with Gasteiger partial charge >= 0.3 is 58.9 Å². The fourth-order valence-electron chi connectivity index (χ4n) is 7.69. The first-order valence-corrected chi connectivity index (χ1v) is 28.8. The number of nitrogens with one attached hydrogen (secondary N) is 1. The molecule has 20 nitrogen and oxygen atoms in total. The summed E-state index contributed by atoms with van der Waals surface area (Å²) >= 11 is 20.8. The summed E-state index contributed by atoms with van der Waals surface area (Å²) in [5, 5.41) is 42.0. The summed E-state index contributed by atoms with van der Waals surface area (Å²) in [5.74, 6) is -1.35. The van der Waals surface area contributed by atoms with Gasteiger partial charge in [-0.05, 0) is 146 Å². The number of nitrogens with zero attached hydrogens (tertiary/aromatic N) is 12. The van der Waals surface area contributed by atoms with Gasteiger partial charge in [-0.2, -0.15) is 21.0 Å². The van der Waals surface area contributed by atoms with Gasteiger partial charge < -0.3 is 22.5 Å². The zero-order chi connectivity index (χ0) is 68.8. The van der Waals surface area contributed by atoms with E-state index in [0.29, 0.717) is 57.6 Å². The molecule has 8 aromatic rings. The number of hydrogen-bond donors (Lipinski definition) is 3. The van der Waals surface area contributed by atoms with Crippen LogP contribution in [0.1, 0.15) is 70.3 Å². The molecule has 9 rings (SSSR count). The van der Waals surface area contributed by atoms with Gasteiger partial charge in [0.2, 0.25) is 0 Å². The van der Waals surface area contributed by atoms with Crippen molar-refractivity contribution in [2.75, 3.05) is 18.0 Å². The van der Waals surface area contributed by atoms with E-state index in [1.807, 2.05) is 36.1 Å². The Morgan fingerprint density at radius 2 is 1.02 bits per heavy atom. The Bertz CT molecular complexity index is 4440. The number of aromatic nitrogens is 6. The van der Waals surface area contributed by atoms with Gasteiger partial charge in [0.05, 0.1) is 59.6 Å². The average molecular weight is 1510 g/mol. The van der Waals surface area contributed by atoms with Crippen molar-refractivity contribution in [2.45, 2.75) is 58.6 Å². The Balaban J connectivity index is 0.00000112. The quantitative estimate of drug-likeness (QED) is 0.0349. The Kier molecular flexibility index (Phi) is 38.4. The molecule has 3 N–H and O–H groups in total. The number of alkyl halides is 1. The first kappa shape index (κ1) is 84.3. The zero-order valence-electron chi connectivity index (χ0n) is 49.0. The van der Waals surface area contributed by atoms with Crippen LogP contribution < -0.4 is 44.4 Å². The molecule has 0 amide bonds. The molecule has 3 aromatic heterocycles. The van der Waals surface area contributed by atoms with E-state index >= 15 is 0 Å². The normalized spacial score (nSPS) is 11.2. The molecule has 1 radical (unpaired) electrons. The maximum atomic E-state index is 13.7. The van der Waals surface area contributed by atoms with Crippen LogP contribution in [0.3, 0.4) is 0 Å². The second-order valence-electron chi connectivity index (χ2n) is 18.6. The van der Waals surface area contributed by atoms with Gasteiger partial charge in [0.25, 0.3) is 16.7 Å². The molecule has 5 aromatic carbocycles. The number of aryl methyl sites for hydroxylation is 2. The molecule has 1 aliphatic heterocycles. The molecule has 0 saturated carbocycles. The molecule has 32 heteroatoms. The van der Waals surface area contributed by atoms with Crippen LogP contribution in [0.25, 0.3) is 0 Å². The number of benzene rings is 5. The van der Waals surface area contributed by atoms with Crippen molar-refractivity contribution >= 4 is 81.3 Å². The van der Waals surface area contributed by atoms with E-state index in [1.165, 1.54) is 105 Å². The Morgan fingerprint density at radius 3 is 1.44 bits per heavy atom. The summed E-state index contributed by atoms with van der Waals surface area (Å²) in [4.78, 5) is 73.8. The molecule has 4 heterocycles. The van der Waals surface area contributed by atoms with E-state index in [4.69, 9.17) is 56.6 Å². The number of nitrogens with two attached hydrogens (primary N) is 1. The van der Waals surface area contributed by atoms with Gasteiger partial charge in [0, 0.05) is 68.3 Å². The van der Waals surface area contributed by atoms with Crippen molar-refractivity contribution in [1.82, 2.24) is 27.8 Å². The molecule has 1 saturated heterocycles. The predicted octanol–water partition coefficient (Wildman–Crippen LogP) is 9.93. The molecular weight excluding hydrogens is 1460 g/mol. The van der Waals surface area contributed by atoms with Crippen molar-refractivity contribution in [3.8, 4) is 24.3 Å². The number of aromatic amines is 1. The molecule has 93 heavy (non-hydrogen) atoms. The second-order valence-corrected chi connectivity index (χ2v) is 21.1. The number of thiol groups is 1. The van der Waals surface area contributed by atoms with E-state index in [9.17, 15) is 56.0 Å². The number of H-pyrrole nitrogens is 1. The molecule has 1 atom stereocenters. The standard InChI is InChI=1S/C18H20FN5O2.C13H9ClFN3O2.C8H5BrFN.C8H6FN.C7H6BrF.C5H5ClN2O2.CN.CH4.BHNS.Cu/c1-22-17(25)8-16(23-6-2-3-15(21)11-23)24(18(22)26)10-13-7-14(19)5-4-12(13)9-20;1-17-12(19)5-11(14)18(13(17)20)7-9-4-10(15)3-2-8(9)6-16;9-4-7-3-8(10)2-1-6(7)5-11;1-6-4-8(9)3-2-7(6)5-10;1-5-4-6(9)2-3-7(5)8;1-8-4(9)2-3(6)7-5(8)10;1-2;;1-2-3;/h4-5,7-8,15H,2-3,6,10-11,21H2,1H3;2-5H,7H2,1H3;1-3H,4H2;2-4H,1H3;2-4H,1H3;2H,1H3,(H,7,10);;1H4;3H;/q;;;;;;-1;;;+1/t15-;;;;;;;;;/m1........./s1. The molecule has 1 aliphatic rings. The van der Waals surface area contributed by atoms with E-state index in [1.54, 1.807) is 13.0 Å². The Hall–Kier alpha value is -8.73. The molecule has 0 bridgehead atoms. The van der Waals surface area contributed by atoms with Crippen LogP contribution in [0.4, 0.5) is 27.8 Å². The summed E-state index contributed by atoms with van der Waals surface area (Å²) in [6, 6.07) is 31.8. The first-order valence-electron chi connectivity index (χ1n) is 25.8. The predicted molar refractivity (Wildman–Crippen MR) is 351 cm³/mol. The fourth-order valence-corrected chi connectivity index (χ4v) is 8.80. The smallest absolute Gasteiger partial charge is 0.512 e. The van der Waals surface area contributed by atoms with Gasteiger partial charge in [-0.3, -0.25) is 42.2 Å². The number of piperidine rings is 1. The van der Waals surface area contributed by atoms with E-state index in [2.05, 4.69) is 61.6 Å². The van der Waals surface area contributed by atoms with Crippen molar-refractivity contribution in [3.63, 3.8) is 0 Å². The third-order valence-corrected chi connectivity index (χ3v) is 14.4. The van der Waals surface area contributed by atoms with Gasteiger partial charge in [0.1, 0.15) is 45.2 Å². The average Bonchev–Trinajstić information content (AvgIpc) is 1.15. The summed E-state index contributed by atoms with van der Waals surface area (Å²) in [6.07, 6.45) is 1.74. The molecule has 0 spiro atoms. The topological polar surface area (TPSA) is 303 Å². The summed E-state index contributed by atoms with van der Waals surface area (Å²) in [6.45, 7) is 9.42. The maximum absolute atomic E-state index is 13.7. The van der Waals surface area contributed by atoms with Crippen LogP contribution >= 0.6 is 67.9 Å². The van der Waals surface area contributed by atoms with Crippen molar-refractivity contribution in [2.24, 2.45) is 31.2 Å². The monoisotopic (exact) mass is 1510 g/mol. The van der Waals surface area contributed by atoms with Crippen LogP contribution in [0.2, 0.25) is 10.3 Å². The SMILES string of the molecule is C.Cc1cc(F)ccc1Br.Cc1cc(F)ccc1C#N.Cn1c(=O)cc(Cl)[nH]c1=O.Cn1c(=O)cc(Cl)n(Cc2cc(F)ccc2C#N)c1=O.Cn1c(=O)cc(N2CCC[C@@H](N)C2)n(Cc2cc(F)ccc2C#N)c1=O.N#Cc1ccc(F)cc1CBr.[B]=NS.[C-]#N.[Cu+]. The third-order valence-electron chi connectivity index (χ3n) is 12.4. The third kappa shape index (κ3) is 26.4. The Labute approximate surface area is 574 Å². The minimum Gasteiger partial charge on any atom is -0.512 e. The minimum absolute atomic E-state index is 0. The molecule has 1 fully saturated rings. The molecule has 0 aliphatic carbocycles. The first-order chi connectivity index (χ1) is 43.1. The Morgan fingerprint density at radius 1 is 0.634 bits per heavy atom. The van der Waals surface area contributed by atoms with Crippen LogP contribution in [-0.2, 0) is 56.6 Å². The number of rotatable bonds is 6. The number of anilines is 1. The van der Waals surface area contributed by atoms with Gasteiger partial charge in [-0.1, -0.05) is 62.5 Å². The molecule has 0 unspecified atom stereocenters. The maximum Gasteiger partial charge on any atom is 1.00 e. The minimum atomic E-state index is -0.629. The van der Waals surface area contributed by atoms with Crippen LogP contribution in [0, 0.1) is 100 Å². The van der Waals surface area contributed by atoms with E-state index in [0.717, 1.165) is 65.4 Å². The molecular formula is C61H56BBr2Cl2CuF5N14O6S. The summed E-state index contributed by atoms with van der Waals surface area (Å²) in [7, 11) is 8.42. The number of nitriles is 4. The van der Waals surface area contributed by atoms with Gasteiger partial charge in [-0.25, -0.2) is 36.3 Å². The number of halogens is 9. The van der Waals surface area contributed by atoms with Crippen LogP contribution in [-0.4, -0.2) is 54.6 Å². The van der Waals surface area contributed by atoms with Gasteiger partial charge in [-0.15, -0.1) is 0 Å². The second kappa shape index (κ2) is 42.4. The molecule has 489 valence electrons. The summed E-state index contributed by atoms with van der Waals surface area (Å²) in [5.41, 5.74) is 7.60. The van der Waals surface area contributed by atoms with Crippen molar-refractivity contribution < 1.29 is 39.0 Å². The van der Waals surface area contributed by atoms with E-state index in [-0.39, 0.29) is 82.5 Å². The summed E-state index contributed by atoms with van der Waals surface area (Å²) < 4.78 is 73.1. The van der Waals surface area contributed by atoms with Crippen LogP contribution in [0.15, 0.2) is 147 Å². The van der Waals surface area contributed by atoms with E-state index < -0.39 is 45.4 Å². The van der Waals surface area contributed by atoms with Crippen molar-refractivity contribution in [3.05, 3.63) is 272 Å². The zero-order valence-corrected chi connectivity index (χ0v) is 55.6. The number of hydrogen-bond acceptors (Lipinski definition) is 15. The van der Waals surface area contributed by atoms with Crippen LogP contribution in [0.5, 0.6) is 0 Å². The van der Waals surface area contributed by atoms with Crippen molar-refractivity contribution in [1.29, 1.82) is 26.3 Å². The fraction of sp³-hybridized carbons (Fsp3) is 0.230. The largest absolute Gasteiger partial charge is 1.00 e. The van der Waals surface area contributed by atoms with Gasteiger partial charge in [0.15, 0.2) is 0 Å².